The molecule has 1 aromatic carbocycles. The lowest BCUT2D eigenvalue weighted by Gasteiger charge is -2.18. The number of likely N-dealkylation sites (N-methyl/N-ethyl adjacent to an activating group) is 1. The van der Waals surface area contributed by atoms with Crippen LogP contribution in [0.5, 0.6) is 0 Å². The van der Waals surface area contributed by atoms with Crippen molar-refractivity contribution in [2.24, 2.45) is 0 Å². The van der Waals surface area contributed by atoms with Crippen LogP contribution in [-0.2, 0) is 13.0 Å². The Morgan fingerprint density at radius 1 is 1.25 bits per heavy atom. The van der Waals surface area contributed by atoms with Crippen LogP contribution in [0.2, 0.25) is 0 Å². The van der Waals surface area contributed by atoms with E-state index in [1.54, 1.807) is 0 Å². The highest BCUT2D eigenvalue weighted by Gasteiger charge is 2.14. The van der Waals surface area contributed by atoms with Crippen molar-refractivity contribution in [2.45, 2.75) is 46.7 Å². The molecule has 0 aliphatic carbocycles. The van der Waals surface area contributed by atoms with Crippen LogP contribution in [0.25, 0.3) is 0 Å². The molecular formula is C17H25N3. The van der Waals surface area contributed by atoms with Gasteiger partial charge in [0.15, 0.2) is 0 Å². The maximum Gasteiger partial charge on any atom is 0.0537 e. The summed E-state index contributed by atoms with van der Waals surface area (Å²) < 4.78 is 1.99. The number of aryl methyl sites for hydroxylation is 3. The van der Waals surface area contributed by atoms with E-state index in [9.17, 15) is 0 Å². The van der Waals surface area contributed by atoms with Crippen molar-refractivity contribution in [2.75, 3.05) is 6.54 Å². The minimum absolute atomic E-state index is 0.334. The topological polar surface area (TPSA) is 29.9 Å². The summed E-state index contributed by atoms with van der Waals surface area (Å²) in [6, 6.07) is 7.02. The fraction of sp³-hybridized carbons (Fsp3) is 0.471. The number of aromatic nitrogens is 2. The second kappa shape index (κ2) is 6.71. The summed E-state index contributed by atoms with van der Waals surface area (Å²) in [5.41, 5.74) is 5.38. The molecular weight excluding hydrogens is 246 g/mol. The van der Waals surface area contributed by atoms with E-state index in [4.69, 9.17) is 0 Å². The Morgan fingerprint density at radius 3 is 2.70 bits per heavy atom. The Balaban J connectivity index is 2.22. The third kappa shape index (κ3) is 3.48. The van der Waals surface area contributed by atoms with E-state index in [2.05, 4.69) is 62.5 Å². The molecule has 1 unspecified atom stereocenters. The lowest BCUT2D eigenvalue weighted by molar-refractivity contribution is 0.547. The number of nitrogens with one attached hydrogen (secondary N) is 1. The van der Waals surface area contributed by atoms with Gasteiger partial charge >= 0.3 is 0 Å². The molecule has 1 atom stereocenters. The lowest BCUT2D eigenvalue weighted by atomic mass is 9.96. The van der Waals surface area contributed by atoms with E-state index in [1.165, 1.54) is 22.3 Å². The van der Waals surface area contributed by atoms with Gasteiger partial charge in [0.05, 0.1) is 6.20 Å². The van der Waals surface area contributed by atoms with E-state index in [1.807, 2.05) is 10.9 Å². The maximum atomic E-state index is 4.40. The van der Waals surface area contributed by atoms with Crippen LogP contribution in [0.15, 0.2) is 30.6 Å². The third-order valence-corrected chi connectivity index (χ3v) is 3.76. The van der Waals surface area contributed by atoms with Gasteiger partial charge in [0.2, 0.25) is 0 Å². The fourth-order valence-corrected chi connectivity index (χ4v) is 2.53. The molecule has 0 amide bonds. The summed E-state index contributed by atoms with van der Waals surface area (Å²) in [6.45, 7) is 10.5. The summed E-state index contributed by atoms with van der Waals surface area (Å²) in [6.07, 6.45) is 5.15. The smallest absolute Gasteiger partial charge is 0.0537 e. The number of benzene rings is 1. The largest absolute Gasteiger partial charge is 0.310 e. The minimum Gasteiger partial charge on any atom is -0.310 e. The van der Waals surface area contributed by atoms with E-state index >= 15 is 0 Å². The Bertz CT molecular complexity index is 557. The van der Waals surface area contributed by atoms with Gasteiger partial charge < -0.3 is 5.32 Å². The van der Waals surface area contributed by atoms with Crippen LogP contribution in [0, 0.1) is 13.8 Å². The fourth-order valence-electron chi connectivity index (χ4n) is 2.53. The molecule has 20 heavy (non-hydrogen) atoms. The molecule has 0 spiro atoms. The van der Waals surface area contributed by atoms with Gasteiger partial charge in [0, 0.05) is 24.3 Å². The first-order valence-corrected chi connectivity index (χ1v) is 7.45. The van der Waals surface area contributed by atoms with Crippen molar-refractivity contribution >= 4 is 0 Å². The second-order valence-corrected chi connectivity index (χ2v) is 5.37. The van der Waals surface area contributed by atoms with E-state index in [0.717, 1.165) is 19.5 Å². The van der Waals surface area contributed by atoms with Crippen LogP contribution < -0.4 is 5.32 Å². The standard InChI is InChI=1S/C17H25N3/c1-5-18-17(16-11-19-20(6-2)12-16)10-15-9-13(3)7-8-14(15)4/h7-9,11-12,17-18H,5-6,10H2,1-4H3. The molecule has 0 saturated heterocycles. The maximum absolute atomic E-state index is 4.40. The van der Waals surface area contributed by atoms with Gasteiger partial charge in [0.25, 0.3) is 0 Å². The van der Waals surface area contributed by atoms with Crippen LogP contribution in [0.3, 0.4) is 0 Å². The average molecular weight is 271 g/mol. The molecule has 2 aromatic rings. The third-order valence-electron chi connectivity index (χ3n) is 3.76. The van der Waals surface area contributed by atoms with Gasteiger partial charge in [0.1, 0.15) is 0 Å². The molecule has 0 bridgehead atoms. The second-order valence-electron chi connectivity index (χ2n) is 5.37. The number of hydrogen-bond donors (Lipinski definition) is 1. The monoisotopic (exact) mass is 271 g/mol. The van der Waals surface area contributed by atoms with Gasteiger partial charge in [-0.3, -0.25) is 4.68 Å². The molecule has 2 rings (SSSR count). The summed E-state index contributed by atoms with van der Waals surface area (Å²) in [5, 5.41) is 7.97. The molecule has 0 saturated carbocycles. The average Bonchev–Trinajstić information content (AvgIpc) is 2.91. The van der Waals surface area contributed by atoms with Gasteiger partial charge in [-0.05, 0) is 44.9 Å². The molecule has 1 heterocycles. The highest BCUT2D eigenvalue weighted by molar-refractivity contribution is 5.32. The van der Waals surface area contributed by atoms with E-state index < -0.39 is 0 Å². The Labute approximate surface area is 122 Å². The molecule has 0 aliphatic rings. The highest BCUT2D eigenvalue weighted by atomic mass is 15.3. The molecule has 0 fully saturated rings. The summed E-state index contributed by atoms with van der Waals surface area (Å²) in [5.74, 6) is 0. The van der Waals surface area contributed by atoms with Crippen LogP contribution in [0.1, 0.15) is 42.1 Å². The first-order chi connectivity index (χ1) is 9.63. The number of hydrogen-bond acceptors (Lipinski definition) is 2. The predicted octanol–water partition coefficient (Wildman–Crippen LogP) is 3.41. The zero-order chi connectivity index (χ0) is 14.5. The molecule has 0 aliphatic heterocycles. The van der Waals surface area contributed by atoms with Crippen LogP contribution in [-0.4, -0.2) is 16.3 Å². The van der Waals surface area contributed by atoms with Crippen LogP contribution in [0.4, 0.5) is 0 Å². The molecule has 3 nitrogen and oxygen atoms in total. The van der Waals surface area contributed by atoms with Gasteiger partial charge in [-0.25, -0.2) is 0 Å². The zero-order valence-electron chi connectivity index (χ0n) is 13.0. The zero-order valence-corrected chi connectivity index (χ0v) is 13.0. The SMILES string of the molecule is CCNC(Cc1cc(C)ccc1C)c1cnn(CC)c1. The van der Waals surface area contributed by atoms with Crippen molar-refractivity contribution in [1.82, 2.24) is 15.1 Å². The lowest BCUT2D eigenvalue weighted by Crippen LogP contribution is -2.23. The van der Waals surface area contributed by atoms with Gasteiger partial charge in [-0.2, -0.15) is 5.10 Å². The van der Waals surface area contributed by atoms with Gasteiger partial charge in [-0.1, -0.05) is 30.7 Å². The van der Waals surface area contributed by atoms with Gasteiger partial charge in [-0.15, -0.1) is 0 Å². The summed E-state index contributed by atoms with van der Waals surface area (Å²) >= 11 is 0. The Kier molecular flexibility index (Phi) is 4.96. The van der Waals surface area contributed by atoms with Crippen molar-refractivity contribution in [1.29, 1.82) is 0 Å². The normalized spacial score (nSPS) is 12.6. The Hall–Kier alpha value is -1.61. The molecule has 3 heteroatoms. The summed E-state index contributed by atoms with van der Waals surface area (Å²) in [4.78, 5) is 0. The van der Waals surface area contributed by atoms with E-state index in [-0.39, 0.29) is 0 Å². The van der Waals surface area contributed by atoms with Crippen molar-refractivity contribution in [3.63, 3.8) is 0 Å². The van der Waals surface area contributed by atoms with Crippen LogP contribution >= 0.6 is 0 Å². The summed E-state index contributed by atoms with van der Waals surface area (Å²) in [7, 11) is 0. The quantitative estimate of drug-likeness (QED) is 0.872. The number of rotatable bonds is 6. The molecule has 1 aromatic heterocycles. The molecule has 0 radical (unpaired) electrons. The Morgan fingerprint density at radius 2 is 2.05 bits per heavy atom. The first kappa shape index (κ1) is 14.8. The number of nitrogens with zero attached hydrogens (tertiary/aromatic N) is 2. The highest BCUT2D eigenvalue weighted by Crippen LogP contribution is 2.21. The van der Waals surface area contributed by atoms with Crippen molar-refractivity contribution < 1.29 is 0 Å². The van der Waals surface area contributed by atoms with Crippen molar-refractivity contribution in [3.05, 3.63) is 52.8 Å². The van der Waals surface area contributed by atoms with E-state index in [0.29, 0.717) is 6.04 Å². The van der Waals surface area contributed by atoms with Crippen molar-refractivity contribution in [3.8, 4) is 0 Å². The first-order valence-electron chi connectivity index (χ1n) is 7.45. The predicted molar refractivity (Wildman–Crippen MR) is 83.9 cm³/mol. The molecule has 108 valence electrons. The molecule has 1 N–H and O–H groups in total. The minimum atomic E-state index is 0.334.